The first-order valence-corrected chi connectivity index (χ1v) is 9.68. The summed E-state index contributed by atoms with van der Waals surface area (Å²) in [5, 5.41) is 0. The van der Waals surface area contributed by atoms with Crippen LogP contribution in [0.25, 0.3) is 23.3 Å². The standard InChI is InChI=1S/C25H22F4/c1-3-5-19-14-15-21(25(29)24(19)28)18-9-6-16(7-10-18)8-11-20-13-12-17(4-2)22(26)23(20)27/h6-15H,3-5H2,1-2H3/b11-8+. The maximum Gasteiger partial charge on any atom is 0.166 e. The molecule has 0 aromatic heterocycles. The molecule has 0 radical (unpaired) electrons. The van der Waals surface area contributed by atoms with Gasteiger partial charge in [0.15, 0.2) is 23.3 Å². The molecule has 0 aliphatic rings. The van der Waals surface area contributed by atoms with Crippen LogP contribution in [0, 0.1) is 23.3 Å². The Balaban J connectivity index is 1.84. The van der Waals surface area contributed by atoms with E-state index in [4.69, 9.17) is 0 Å². The fourth-order valence-corrected chi connectivity index (χ4v) is 3.24. The van der Waals surface area contributed by atoms with Crippen LogP contribution in [0.15, 0.2) is 48.5 Å². The molecule has 3 rings (SSSR count). The molecule has 0 saturated heterocycles. The number of hydrogen-bond donors (Lipinski definition) is 0. The molecule has 4 heteroatoms. The number of hydrogen-bond acceptors (Lipinski definition) is 0. The van der Waals surface area contributed by atoms with Crippen molar-refractivity contribution >= 4 is 12.2 Å². The zero-order chi connectivity index (χ0) is 21.0. The molecule has 0 fully saturated rings. The van der Waals surface area contributed by atoms with Gasteiger partial charge in [-0.25, -0.2) is 17.6 Å². The van der Waals surface area contributed by atoms with Gasteiger partial charge in [0.05, 0.1) is 0 Å². The SMILES string of the molecule is CCCc1ccc(-c2ccc(/C=C/c3ccc(CC)c(F)c3F)cc2)c(F)c1F. The monoisotopic (exact) mass is 398 g/mol. The summed E-state index contributed by atoms with van der Waals surface area (Å²) in [6.07, 6.45) is 4.79. The Labute approximate surface area is 168 Å². The summed E-state index contributed by atoms with van der Waals surface area (Å²) in [5.74, 6) is -3.36. The first-order valence-electron chi connectivity index (χ1n) is 9.68. The van der Waals surface area contributed by atoms with Crippen LogP contribution >= 0.6 is 0 Å². The number of halogens is 4. The smallest absolute Gasteiger partial charge is 0.166 e. The van der Waals surface area contributed by atoms with Gasteiger partial charge in [0.1, 0.15) is 0 Å². The van der Waals surface area contributed by atoms with E-state index in [1.54, 1.807) is 55.5 Å². The van der Waals surface area contributed by atoms with Crippen LogP contribution in [0.5, 0.6) is 0 Å². The minimum Gasteiger partial charge on any atom is -0.203 e. The van der Waals surface area contributed by atoms with Gasteiger partial charge in [0.25, 0.3) is 0 Å². The van der Waals surface area contributed by atoms with Crippen LogP contribution in [0.4, 0.5) is 17.6 Å². The second kappa shape index (κ2) is 9.08. The van der Waals surface area contributed by atoms with Gasteiger partial charge in [0, 0.05) is 11.1 Å². The zero-order valence-corrected chi connectivity index (χ0v) is 16.4. The molecule has 150 valence electrons. The molecule has 3 aromatic carbocycles. The third-order valence-corrected chi connectivity index (χ3v) is 4.93. The van der Waals surface area contributed by atoms with E-state index in [1.807, 2.05) is 6.92 Å². The largest absolute Gasteiger partial charge is 0.203 e. The van der Waals surface area contributed by atoms with E-state index in [9.17, 15) is 17.6 Å². The molecule has 0 N–H and O–H groups in total. The molecular formula is C25H22F4. The molecule has 0 unspecified atom stereocenters. The quantitative estimate of drug-likeness (QED) is 0.296. The summed E-state index contributed by atoms with van der Waals surface area (Å²) < 4.78 is 56.6. The first kappa shape index (κ1) is 20.8. The highest BCUT2D eigenvalue weighted by Crippen LogP contribution is 2.28. The van der Waals surface area contributed by atoms with E-state index in [1.165, 1.54) is 12.1 Å². The number of rotatable bonds is 6. The van der Waals surface area contributed by atoms with E-state index < -0.39 is 23.3 Å². The van der Waals surface area contributed by atoms with Crippen molar-refractivity contribution in [2.75, 3.05) is 0 Å². The third kappa shape index (κ3) is 4.42. The minimum atomic E-state index is -0.873. The topological polar surface area (TPSA) is 0 Å². The minimum absolute atomic E-state index is 0.156. The van der Waals surface area contributed by atoms with E-state index >= 15 is 0 Å². The maximum atomic E-state index is 14.4. The molecule has 0 saturated carbocycles. The number of aryl methyl sites for hydroxylation is 2. The molecule has 0 spiro atoms. The van der Waals surface area contributed by atoms with E-state index in [2.05, 4.69) is 0 Å². The fraction of sp³-hybridized carbons (Fsp3) is 0.200. The van der Waals surface area contributed by atoms with Crippen molar-refractivity contribution in [1.29, 1.82) is 0 Å². The highest BCUT2D eigenvalue weighted by molar-refractivity contribution is 5.72. The van der Waals surface area contributed by atoms with Gasteiger partial charge in [-0.1, -0.05) is 81.0 Å². The van der Waals surface area contributed by atoms with Gasteiger partial charge in [-0.05, 0) is 35.1 Å². The zero-order valence-electron chi connectivity index (χ0n) is 16.4. The molecule has 0 atom stereocenters. The molecule has 29 heavy (non-hydrogen) atoms. The fourth-order valence-electron chi connectivity index (χ4n) is 3.24. The second-order valence-electron chi connectivity index (χ2n) is 6.90. The average molecular weight is 398 g/mol. The second-order valence-corrected chi connectivity index (χ2v) is 6.90. The predicted molar refractivity (Wildman–Crippen MR) is 110 cm³/mol. The summed E-state index contributed by atoms with van der Waals surface area (Å²) in [5.41, 5.74) is 2.34. The Bertz CT molecular complexity index is 1030. The lowest BCUT2D eigenvalue weighted by molar-refractivity contribution is 0.498. The Morgan fingerprint density at radius 2 is 1.31 bits per heavy atom. The molecule has 0 heterocycles. The molecule has 0 bridgehead atoms. The summed E-state index contributed by atoms with van der Waals surface area (Å²) in [6, 6.07) is 13.1. The van der Waals surface area contributed by atoms with E-state index in [0.717, 1.165) is 12.0 Å². The van der Waals surface area contributed by atoms with Gasteiger partial charge < -0.3 is 0 Å². The van der Waals surface area contributed by atoms with Gasteiger partial charge in [-0.3, -0.25) is 0 Å². The van der Waals surface area contributed by atoms with Crippen LogP contribution in [0.2, 0.25) is 0 Å². The molecular weight excluding hydrogens is 376 g/mol. The molecule has 0 aliphatic heterocycles. The Morgan fingerprint density at radius 1 is 0.655 bits per heavy atom. The normalized spacial score (nSPS) is 11.4. The molecule has 3 aromatic rings. The van der Waals surface area contributed by atoms with Crippen LogP contribution in [-0.4, -0.2) is 0 Å². The van der Waals surface area contributed by atoms with Crippen molar-refractivity contribution in [2.24, 2.45) is 0 Å². The Hall–Kier alpha value is -2.88. The molecule has 0 amide bonds. The van der Waals surface area contributed by atoms with E-state index in [-0.39, 0.29) is 11.1 Å². The summed E-state index contributed by atoms with van der Waals surface area (Å²) in [7, 11) is 0. The lowest BCUT2D eigenvalue weighted by Crippen LogP contribution is -1.97. The summed E-state index contributed by atoms with van der Waals surface area (Å²) in [6.45, 7) is 3.68. The summed E-state index contributed by atoms with van der Waals surface area (Å²) >= 11 is 0. The average Bonchev–Trinajstić information content (AvgIpc) is 2.73. The third-order valence-electron chi connectivity index (χ3n) is 4.93. The van der Waals surface area contributed by atoms with Crippen molar-refractivity contribution in [1.82, 2.24) is 0 Å². The molecule has 0 nitrogen and oxygen atoms in total. The van der Waals surface area contributed by atoms with Gasteiger partial charge in [-0.15, -0.1) is 0 Å². The molecule has 0 aliphatic carbocycles. The van der Waals surface area contributed by atoms with Crippen molar-refractivity contribution in [2.45, 2.75) is 33.1 Å². The van der Waals surface area contributed by atoms with Gasteiger partial charge in [-0.2, -0.15) is 0 Å². The van der Waals surface area contributed by atoms with Crippen LogP contribution < -0.4 is 0 Å². The Morgan fingerprint density at radius 3 is 1.97 bits per heavy atom. The van der Waals surface area contributed by atoms with Crippen LogP contribution in [0.1, 0.15) is 42.5 Å². The Kier molecular flexibility index (Phi) is 6.53. The summed E-state index contributed by atoms with van der Waals surface area (Å²) in [4.78, 5) is 0. The highest BCUT2D eigenvalue weighted by atomic mass is 19.2. The van der Waals surface area contributed by atoms with E-state index in [0.29, 0.717) is 29.5 Å². The maximum absolute atomic E-state index is 14.4. The van der Waals surface area contributed by atoms with Crippen LogP contribution in [-0.2, 0) is 12.8 Å². The van der Waals surface area contributed by atoms with Gasteiger partial charge in [0.2, 0.25) is 0 Å². The van der Waals surface area contributed by atoms with Gasteiger partial charge >= 0.3 is 0 Å². The first-order chi connectivity index (χ1) is 14.0. The predicted octanol–water partition coefficient (Wildman–Crippen LogP) is 7.60. The van der Waals surface area contributed by atoms with Crippen molar-refractivity contribution < 1.29 is 17.6 Å². The van der Waals surface area contributed by atoms with Crippen molar-refractivity contribution in [3.8, 4) is 11.1 Å². The lowest BCUT2D eigenvalue weighted by atomic mass is 9.99. The lowest BCUT2D eigenvalue weighted by Gasteiger charge is -2.08. The van der Waals surface area contributed by atoms with Crippen molar-refractivity contribution in [3.05, 3.63) is 94.1 Å². The highest BCUT2D eigenvalue weighted by Gasteiger charge is 2.14. The van der Waals surface area contributed by atoms with Crippen molar-refractivity contribution in [3.63, 3.8) is 0 Å². The van der Waals surface area contributed by atoms with Crippen LogP contribution in [0.3, 0.4) is 0 Å². The number of benzene rings is 3.